The summed E-state index contributed by atoms with van der Waals surface area (Å²) in [6.07, 6.45) is 3.08. The molecule has 0 unspecified atom stereocenters. The summed E-state index contributed by atoms with van der Waals surface area (Å²) in [6, 6.07) is 1.31. The van der Waals surface area contributed by atoms with E-state index in [-0.39, 0.29) is 12.4 Å². The highest BCUT2D eigenvalue weighted by molar-refractivity contribution is 5.84. The van der Waals surface area contributed by atoms with Gasteiger partial charge in [0.15, 0.2) is 11.5 Å². The molecule has 0 atom stereocenters. The maximum absolute atomic E-state index is 10.6. The molecule has 2 N–H and O–H groups in total. The SMILES string of the molecule is Cn1ncc2c(N)nc(Cn3ccc([N+](=O)[O-])n3)nc21. The number of nitrogens with two attached hydrogens (primary N) is 1. The average Bonchev–Trinajstić information content (AvgIpc) is 2.98. The zero-order valence-corrected chi connectivity index (χ0v) is 10.5. The van der Waals surface area contributed by atoms with Crippen LogP contribution in [0.1, 0.15) is 5.82 Å². The molecule has 3 aromatic heterocycles. The minimum Gasteiger partial charge on any atom is -0.383 e. The van der Waals surface area contributed by atoms with Crippen molar-refractivity contribution in [1.82, 2.24) is 29.5 Å². The molecule has 102 valence electrons. The van der Waals surface area contributed by atoms with Gasteiger partial charge < -0.3 is 15.8 Å². The van der Waals surface area contributed by atoms with E-state index in [2.05, 4.69) is 20.2 Å². The van der Waals surface area contributed by atoms with E-state index in [0.717, 1.165) is 0 Å². The highest BCUT2D eigenvalue weighted by atomic mass is 16.6. The summed E-state index contributed by atoms with van der Waals surface area (Å²) in [5.74, 6) is 0.510. The van der Waals surface area contributed by atoms with Crippen LogP contribution in [0, 0.1) is 10.1 Å². The maximum atomic E-state index is 10.6. The molecule has 0 spiro atoms. The standard InChI is InChI=1S/C10H10N8O2/c1-16-10-6(4-12-16)9(11)13-7(14-10)5-17-3-2-8(15-17)18(19)20/h2-4H,5H2,1H3,(H2,11,13,14). The fourth-order valence-corrected chi connectivity index (χ4v) is 1.84. The topological polar surface area (TPSA) is 131 Å². The zero-order chi connectivity index (χ0) is 14.3. The minimum absolute atomic E-state index is 0.194. The highest BCUT2D eigenvalue weighted by Gasteiger charge is 2.14. The number of aromatic nitrogens is 6. The smallest absolute Gasteiger partial charge is 0.383 e. The van der Waals surface area contributed by atoms with Gasteiger partial charge in [-0.05, 0) is 4.92 Å². The van der Waals surface area contributed by atoms with E-state index in [1.54, 1.807) is 17.9 Å². The van der Waals surface area contributed by atoms with Crippen LogP contribution in [0.4, 0.5) is 11.6 Å². The van der Waals surface area contributed by atoms with Crippen LogP contribution in [-0.4, -0.2) is 34.5 Å². The molecular weight excluding hydrogens is 264 g/mol. The Labute approximate surface area is 112 Å². The first-order chi connectivity index (χ1) is 9.54. The fraction of sp³-hybridized carbons (Fsp3) is 0.200. The van der Waals surface area contributed by atoms with Gasteiger partial charge in [0, 0.05) is 7.05 Å². The van der Waals surface area contributed by atoms with Gasteiger partial charge in [-0.25, -0.2) is 9.97 Å². The monoisotopic (exact) mass is 274 g/mol. The lowest BCUT2D eigenvalue weighted by Crippen LogP contribution is -2.08. The van der Waals surface area contributed by atoms with E-state index in [9.17, 15) is 10.1 Å². The molecule has 0 aliphatic carbocycles. The number of nitro groups is 1. The fourth-order valence-electron chi connectivity index (χ4n) is 1.84. The van der Waals surface area contributed by atoms with Crippen molar-refractivity contribution in [2.24, 2.45) is 7.05 Å². The predicted octanol–water partition coefficient (Wildman–Crippen LogP) is 0.0985. The number of hydrogen-bond acceptors (Lipinski definition) is 7. The Hall–Kier alpha value is -3.04. The van der Waals surface area contributed by atoms with Crippen LogP contribution < -0.4 is 5.73 Å². The molecule has 3 rings (SSSR count). The van der Waals surface area contributed by atoms with E-state index < -0.39 is 4.92 Å². The van der Waals surface area contributed by atoms with Crippen molar-refractivity contribution >= 4 is 22.7 Å². The molecule has 0 aromatic carbocycles. The van der Waals surface area contributed by atoms with Crippen LogP contribution in [0.3, 0.4) is 0 Å². The Morgan fingerprint density at radius 1 is 1.45 bits per heavy atom. The molecule has 20 heavy (non-hydrogen) atoms. The van der Waals surface area contributed by atoms with Gasteiger partial charge >= 0.3 is 5.82 Å². The summed E-state index contributed by atoms with van der Waals surface area (Å²) in [5.41, 5.74) is 6.44. The number of aryl methyl sites for hydroxylation is 1. The highest BCUT2D eigenvalue weighted by Crippen LogP contribution is 2.17. The molecular formula is C10H10N8O2. The molecule has 0 saturated heterocycles. The van der Waals surface area contributed by atoms with E-state index in [1.165, 1.54) is 16.9 Å². The average molecular weight is 274 g/mol. The third-order valence-corrected chi connectivity index (χ3v) is 2.78. The third kappa shape index (κ3) is 1.92. The van der Waals surface area contributed by atoms with Gasteiger partial charge in [0.1, 0.15) is 12.4 Å². The number of nitrogen functional groups attached to an aromatic ring is 1. The van der Waals surface area contributed by atoms with Gasteiger partial charge in [-0.3, -0.25) is 4.68 Å². The van der Waals surface area contributed by atoms with Gasteiger partial charge in [-0.1, -0.05) is 0 Å². The van der Waals surface area contributed by atoms with Crippen molar-refractivity contribution in [2.75, 3.05) is 5.73 Å². The van der Waals surface area contributed by atoms with Crippen LogP contribution in [0.2, 0.25) is 0 Å². The molecule has 0 saturated carbocycles. The number of rotatable bonds is 3. The first-order valence-electron chi connectivity index (χ1n) is 5.66. The number of fused-ring (bicyclic) bond motifs is 1. The van der Waals surface area contributed by atoms with E-state index in [1.807, 2.05) is 0 Å². The largest absolute Gasteiger partial charge is 0.389 e. The van der Waals surface area contributed by atoms with E-state index in [0.29, 0.717) is 22.7 Å². The number of hydrogen-bond donors (Lipinski definition) is 1. The maximum Gasteiger partial charge on any atom is 0.389 e. The van der Waals surface area contributed by atoms with Gasteiger partial charge in [-0.2, -0.15) is 9.78 Å². The van der Waals surface area contributed by atoms with E-state index in [4.69, 9.17) is 5.73 Å². The van der Waals surface area contributed by atoms with Crippen LogP contribution in [0.5, 0.6) is 0 Å². The van der Waals surface area contributed by atoms with Crippen molar-refractivity contribution in [2.45, 2.75) is 6.54 Å². The zero-order valence-electron chi connectivity index (χ0n) is 10.5. The first-order valence-corrected chi connectivity index (χ1v) is 5.66. The lowest BCUT2D eigenvalue weighted by Gasteiger charge is -2.01. The molecule has 0 bridgehead atoms. The first kappa shape index (κ1) is 12.0. The van der Waals surface area contributed by atoms with E-state index >= 15 is 0 Å². The van der Waals surface area contributed by atoms with Gasteiger partial charge in [0.25, 0.3) is 0 Å². The van der Waals surface area contributed by atoms with Gasteiger partial charge in [0.2, 0.25) is 0 Å². The van der Waals surface area contributed by atoms with Crippen LogP contribution in [0.15, 0.2) is 18.5 Å². The third-order valence-electron chi connectivity index (χ3n) is 2.78. The Bertz CT molecular complexity index is 805. The Balaban J connectivity index is 1.97. The molecule has 10 nitrogen and oxygen atoms in total. The summed E-state index contributed by atoms with van der Waals surface area (Å²) in [7, 11) is 1.75. The lowest BCUT2D eigenvalue weighted by atomic mass is 10.4. The predicted molar refractivity (Wildman–Crippen MR) is 68.7 cm³/mol. The summed E-state index contributed by atoms with van der Waals surface area (Å²) >= 11 is 0. The van der Waals surface area contributed by atoms with Gasteiger partial charge in [0.05, 0.1) is 28.9 Å². The second-order valence-corrected chi connectivity index (χ2v) is 4.16. The van der Waals surface area contributed by atoms with Crippen molar-refractivity contribution in [1.29, 1.82) is 0 Å². The second kappa shape index (κ2) is 4.26. The Morgan fingerprint density at radius 3 is 2.95 bits per heavy atom. The Morgan fingerprint density at radius 2 is 2.25 bits per heavy atom. The summed E-state index contributed by atoms with van der Waals surface area (Å²) in [5, 5.41) is 19.1. The van der Waals surface area contributed by atoms with Crippen molar-refractivity contribution in [3.05, 3.63) is 34.4 Å². The second-order valence-electron chi connectivity index (χ2n) is 4.16. The quantitative estimate of drug-likeness (QED) is 0.529. The van der Waals surface area contributed by atoms with Crippen molar-refractivity contribution in [3.63, 3.8) is 0 Å². The molecule has 3 aromatic rings. The van der Waals surface area contributed by atoms with Crippen molar-refractivity contribution in [3.8, 4) is 0 Å². The molecule has 0 aliphatic rings. The number of anilines is 1. The molecule has 0 fully saturated rings. The Kier molecular flexibility index (Phi) is 2.56. The van der Waals surface area contributed by atoms with Crippen LogP contribution >= 0.6 is 0 Å². The summed E-state index contributed by atoms with van der Waals surface area (Å²) < 4.78 is 2.97. The summed E-state index contributed by atoms with van der Waals surface area (Å²) in [4.78, 5) is 18.5. The van der Waals surface area contributed by atoms with Crippen LogP contribution in [-0.2, 0) is 13.6 Å². The van der Waals surface area contributed by atoms with Crippen LogP contribution in [0.25, 0.3) is 11.0 Å². The summed E-state index contributed by atoms with van der Waals surface area (Å²) in [6.45, 7) is 0.194. The molecule has 0 amide bonds. The molecule has 3 heterocycles. The van der Waals surface area contributed by atoms with Crippen molar-refractivity contribution < 1.29 is 4.92 Å². The van der Waals surface area contributed by atoms with Gasteiger partial charge in [-0.15, -0.1) is 0 Å². The number of nitrogens with zero attached hydrogens (tertiary/aromatic N) is 7. The molecule has 0 radical (unpaired) electrons. The molecule has 10 heteroatoms. The minimum atomic E-state index is -0.559. The lowest BCUT2D eigenvalue weighted by molar-refractivity contribution is -0.389. The molecule has 0 aliphatic heterocycles. The normalized spacial score (nSPS) is 11.1.